The summed E-state index contributed by atoms with van der Waals surface area (Å²) in [5.41, 5.74) is 6.66. The maximum absolute atomic E-state index is 13.3. The van der Waals surface area contributed by atoms with Crippen molar-refractivity contribution < 1.29 is 37.9 Å². The second-order valence-electron chi connectivity index (χ2n) is 22.7. The molecule has 24 nitrogen and oxygen atoms in total. The van der Waals surface area contributed by atoms with Crippen molar-refractivity contribution in [1.29, 1.82) is 0 Å². The van der Waals surface area contributed by atoms with E-state index in [4.69, 9.17) is 21.6 Å². The van der Waals surface area contributed by atoms with Gasteiger partial charge in [0, 0.05) is 150 Å². The number of hydrogen-bond acceptors (Lipinski definition) is 18. The molecule has 14 rings (SSSR count). The van der Waals surface area contributed by atoms with Gasteiger partial charge in [0.1, 0.15) is 59.6 Å². The topological polar surface area (TPSA) is 259 Å². The van der Waals surface area contributed by atoms with Crippen molar-refractivity contribution in [2.45, 2.75) is 119 Å². The number of benzene rings is 2. The van der Waals surface area contributed by atoms with E-state index in [9.17, 15) is 16.8 Å². The molecule has 0 aliphatic carbocycles. The smallest absolute Gasteiger partial charge is 0.269 e. The second kappa shape index (κ2) is 27.3. The molecule has 0 radical (unpaired) electrons. The third-order valence-electron chi connectivity index (χ3n) is 16.9. The fraction of sp³-hybridized carbons (Fsp3) is 0.355. The molecular weight excluding hydrogens is 1370 g/mol. The first-order valence-corrected chi connectivity index (χ1v) is 32.7. The van der Waals surface area contributed by atoms with Crippen LogP contribution in [0, 0.1) is 21.3 Å². The molecule has 3 unspecified atom stereocenters. The number of H-pyrrole nitrogens is 1. The van der Waals surface area contributed by atoms with Crippen LogP contribution in [-0.2, 0) is 99.0 Å². The molecule has 0 saturated carbocycles. The van der Waals surface area contributed by atoms with Crippen LogP contribution in [0.5, 0.6) is 0 Å². The number of fused-ring (bicyclic) bond motifs is 6. The molecule has 472 valence electrons. The van der Waals surface area contributed by atoms with Crippen LogP contribution < -0.4 is 25.3 Å². The Hall–Kier alpha value is -7.87. The molecule has 2 aromatic carbocycles. The van der Waals surface area contributed by atoms with E-state index in [0.29, 0.717) is 39.8 Å². The van der Waals surface area contributed by atoms with E-state index in [0.717, 1.165) is 140 Å². The molecule has 3 N–H and O–H groups in total. The van der Waals surface area contributed by atoms with Gasteiger partial charge < -0.3 is 51.4 Å². The van der Waals surface area contributed by atoms with Gasteiger partial charge in [0.25, 0.3) is 20.0 Å². The van der Waals surface area contributed by atoms with Crippen LogP contribution in [0.2, 0.25) is 0 Å². The van der Waals surface area contributed by atoms with Crippen molar-refractivity contribution >= 4 is 82.2 Å². The number of anilines is 3. The van der Waals surface area contributed by atoms with Crippen LogP contribution in [0.25, 0.3) is 33.1 Å². The number of likely N-dealkylation sites (N-methyl/N-ethyl adjacent to an activating group) is 3. The molecule has 12 heterocycles. The number of nitrogens with one attached hydrogen (secondary N) is 3. The Labute approximate surface area is 543 Å². The first-order valence-electron chi connectivity index (χ1n) is 29.3. The van der Waals surface area contributed by atoms with Crippen molar-refractivity contribution in [1.82, 2.24) is 82.1 Å². The van der Waals surface area contributed by atoms with Gasteiger partial charge in [-0.3, -0.25) is 0 Å². The van der Waals surface area contributed by atoms with Gasteiger partial charge in [-0.1, -0.05) is 35.4 Å². The minimum Gasteiger partial charge on any atom is -0.358 e. The predicted molar refractivity (Wildman–Crippen MR) is 346 cm³/mol. The van der Waals surface area contributed by atoms with Crippen molar-refractivity contribution in [2.24, 2.45) is 0 Å². The van der Waals surface area contributed by atoms with E-state index in [1.165, 1.54) is 20.6 Å². The SMILES string of the molecule is CNCc1cn2c(n1)CC(N(C)c1ncnc3[nH]ccc13)CC2.CNCc1cn2c(n1)CC(N(C)c1ncnc3c1ccn3S(=O)(=O)c1ccc(C)cc1)CC2.Cc1ccc(S(=O)(=O)n2ccc3c(N(C)C4CCn5cc(CCl)nc5C4)ncnc32)cc1.[CH3-].[W]. The number of aromatic nitrogens is 15. The van der Waals surface area contributed by atoms with Crippen molar-refractivity contribution in [2.75, 3.05) is 49.9 Å². The fourth-order valence-electron chi connectivity index (χ4n) is 12.1. The zero-order valence-corrected chi connectivity index (χ0v) is 56.9. The normalized spacial score (nSPS) is 16.2. The molecule has 90 heavy (non-hydrogen) atoms. The average molecular weight is 1450 g/mol. The fourth-order valence-corrected chi connectivity index (χ4v) is 14.8. The van der Waals surface area contributed by atoms with Crippen LogP contribution in [-0.4, -0.2) is 142 Å². The third-order valence-corrected chi connectivity index (χ3v) is 20.6. The standard InChI is InChI=1S/C23H27N7O2S.C22H23ClN6O2S.C16H21N7.CH3.W/c1-16-4-6-19(7-5-16)33(31,32)30-11-9-20-22(25-15-26-23(20)30)28(3)18-8-10-29-14-17(13-24-2)27-21(29)12-18;1-15-3-5-18(6-4-15)32(30,31)29-10-8-19-21(24-14-25-22(19)29)27(2)17-7-9-28-13-16(12-23)26-20(28)11-17;1-17-8-11-9-23-6-4-12(7-14(23)21-11)22(2)16-13-3-5-18-15(13)19-10-20-16;;/h4-7,9,11,14-15,18,24H,8,10,12-13H2,1-3H3;3-6,8,10,13-14,17H,7,9,11-12H2,1-2H3;3,5,9-10,12,17H,4,6-8H2,1-2H3,(H,18,19,20);1H3;/q;;;-1;. The van der Waals surface area contributed by atoms with E-state index in [-0.39, 0.29) is 50.4 Å². The zero-order chi connectivity index (χ0) is 61.4. The zero-order valence-electron chi connectivity index (χ0n) is 51.6. The molecular formula is C62H74ClN20O4S2W-. The molecule has 28 heteroatoms. The molecule has 9 aromatic heterocycles. The molecule has 0 spiro atoms. The van der Waals surface area contributed by atoms with Gasteiger partial charge in [-0.25, -0.2) is 69.6 Å². The minimum atomic E-state index is -3.76. The summed E-state index contributed by atoms with van der Waals surface area (Å²) in [6.45, 7) is 8.15. The van der Waals surface area contributed by atoms with E-state index in [2.05, 4.69) is 98.3 Å². The number of rotatable bonds is 15. The van der Waals surface area contributed by atoms with E-state index in [1.807, 2.05) is 60.5 Å². The summed E-state index contributed by atoms with van der Waals surface area (Å²) in [5.74, 6) is 6.04. The number of aryl methyl sites for hydroxylation is 5. The van der Waals surface area contributed by atoms with Gasteiger partial charge in [-0.05, 0) is 89.7 Å². The van der Waals surface area contributed by atoms with Crippen LogP contribution in [0.4, 0.5) is 17.5 Å². The molecule has 3 atom stereocenters. The molecule has 0 bridgehead atoms. The summed E-state index contributed by atoms with van der Waals surface area (Å²) < 4.78 is 62.1. The maximum atomic E-state index is 13.3. The van der Waals surface area contributed by atoms with Crippen molar-refractivity contribution in [3.8, 4) is 0 Å². The molecule has 11 aromatic rings. The van der Waals surface area contributed by atoms with Crippen LogP contribution in [0.1, 0.15) is 64.9 Å². The Morgan fingerprint density at radius 1 is 0.533 bits per heavy atom. The Kier molecular flexibility index (Phi) is 19.7. The molecule has 0 amide bonds. The van der Waals surface area contributed by atoms with Gasteiger partial charge in [0.2, 0.25) is 0 Å². The largest absolute Gasteiger partial charge is 0.358 e. The van der Waals surface area contributed by atoms with Gasteiger partial charge in [-0.2, -0.15) is 0 Å². The number of halogens is 1. The second-order valence-corrected chi connectivity index (χ2v) is 26.6. The number of aromatic amines is 1. The summed E-state index contributed by atoms with van der Waals surface area (Å²) in [5, 5.41) is 8.78. The number of hydrogen-bond donors (Lipinski definition) is 3. The molecule has 0 fully saturated rings. The van der Waals surface area contributed by atoms with E-state index < -0.39 is 20.0 Å². The molecule has 3 aliphatic rings. The Balaban J connectivity index is 0.000000149. The van der Waals surface area contributed by atoms with Crippen molar-refractivity contribution in [3.63, 3.8) is 0 Å². The molecule has 3 aliphatic heterocycles. The quantitative estimate of drug-likeness (QED) is 0.0664. The van der Waals surface area contributed by atoms with Crippen LogP contribution in [0.3, 0.4) is 0 Å². The first kappa shape index (κ1) is 65.1. The number of alkyl halides is 1. The van der Waals surface area contributed by atoms with Gasteiger partial charge in [0.05, 0.1) is 48.9 Å². The maximum Gasteiger partial charge on any atom is 0.269 e. The number of imidazole rings is 3. The minimum absolute atomic E-state index is 0. The third kappa shape index (κ3) is 12.9. The summed E-state index contributed by atoms with van der Waals surface area (Å²) in [6, 6.07) is 20.0. The summed E-state index contributed by atoms with van der Waals surface area (Å²) >= 11 is 5.94. The van der Waals surface area contributed by atoms with Crippen LogP contribution in [0.15, 0.2) is 133 Å². The summed E-state index contributed by atoms with van der Waals surface area (Å²) in [6.07, 6.45) is 21.3. The Bertz CT molecular complexity index is 4520. The predicted octanol–water partition coefficient (Wildman–Crippen LogP) is 7.48. The first-order chi connectivity index (χ1) is 42.5. The van der Waals surface area contributed by atoms with E-state index >= 15 is 0 Å². The molecule has 0 saturated heterocycles. The number of nitrogens with zero attached hydrogens (tertiary/aromatic N) is 17. The summed E-state index contributed by atoms with van der Waals surface area (Å²) in [7, 11) is 2.45. The van der Waals surface area contributed by atoms with Gasteiger partial charge in [0.15, 0.2) is 11.3 Å². The van der Waals surface area contributed by atoms with Crippen LogP contribution >= 0.6 is 11.6 Å². The summed E-state index contributed by atoms with van der Waals surface area (Å²) in [4.78, 5) is 50.7. The van der Waals surface area contributed by atoms with E-state index in [1.54, 1.807) is 79.4 Å². The van der Waals surface area contributed by atoms with Gasteiger partial charge >= 0.3 is 0 Å². The Morgan fingerprint density at radius 2 is 0.911 bits per heavy atom. The Morgan fingerprint density at radius 3 is 1.31 bits per heavy atom. The van der Waals surface area contributed by atoms with Gasteiger partial charge in [-0.15, -0.1) is 11.6 Å². The monoisotopic (exact) mass is 1450 g/mol. The average Bonchev–Trinajstić information content (AvgIpc) is 2.12. The van der Waals surface area contributed by atoms with Crippen molar-refractivity contribution in [3.05, 3.63) is 176 Å².